The first kappa shape index (κ1) is 20.3. The average molecular weight is 412 g/mol. The number of amides is 2. The molecule has 31 heavy (non-hydrogen) atoms. The van der Waals surface area contributed by atoms with Crippen LogP contribution in [0.1, 0.15) is 30.5 Å². The van der Waals surface area contributed by atoms with Crippen molar-refractivity contribution in [1.82, 2.24) is 0 Å². The van der Waals surface area contributed by atoms with Gasteiger partial charge in [0, 0.05) is 24.7 Å². The van der Waals surface area contributed by atoms with E-state index in [4.69, 9.17) is 0 Å². The molecule has 0 fully saturated rings. The number of hydrogen-bond donors (Lipinski definition) is 2. The lowest BCUT2D eigenvalue weighted by molar-refractivity contribution is -0.114. The molecule has 1 heterocycles. The van der Waals surface area contributed by atoms with E-state index < -0.39 is 0 Å². The lowest BCUT2D eigenvalue weighted by atomic mass is 10.0. The molecule has 0 aromatic heterocycles. The summed E-state index contributed by atoms with van der Waals surface area (Å²) in [6, 6.07) is 25.3. The van der Waals surface area contributed by atoms with Gasteiger partial charge in [0.05, 0.1) is 11.7 Å². The summed E-state index contributed by atoms with van der Waals surface area (Å²) in [6.07, 6.45) is 0.495. The van der Waals surface area contributed by atoms with Crippen LogP contribution < -0.4 is 15.6 Å². The molecule has 0 aliphatic carbocycles. The second kappa shape index (κ2) is 8.83. The number of nitrogens with one attached hydrogen (secondary N) is 2. The van der Waals surface area contributed by atoms with Gasteiger partial charge in [0.25, 0.3) is 5.91 Å². The fourth-order valence-electron chi connectivity index (χ4n) is 3.63. The van der Waals surface area contributed by atoms with Crippen LogP contribution >= 0.6 is 0 Å². The molecular formula is C25H24N4O2. The molecule has 156 valence electrons. The lowest BCUT2D eigenvalue weighted by Crippen LogP contribution is -2.22. The van der Waals surface area contributed by atoms with Crippen LogP contribution in [0.15, 0.2) is 84.0 Å². The molecule has 3 aromatic rings. The topological polar surface area (TPSA) is 73.8 Å². The molecule has 1 unspecified atom stereocenters. The molecule has 0 radical (unpaired) electrons. The van der Waals surface area contributed by atoms with Gasteiger partial charge in [-0.3, -0.25) is 14.6 Å². The van der Waals surface area contributed by atoms with Crippen LogP contribution in [0.2, 0.25) is 0 Å². The van der Waals surface area contributed by atoms with Crippen molar-refractivity contribution in [3.8, 4) is 0 Å². The van der Waals surface area contributed by atoms with Gasteiger partial charge in [-0.1, -0.05) is 54.6 Å². The Kier molecular flexibility index (Phi) is 5.80. The molecule has 4 rings (SSSR count). The quantitative estimate of drug-likeness (QED) is 0.626. The molecule has 1 atom stereocenters. The van der Waals surface area contributed by atoms with Crippen molar-refractivity contribution in [3.05, 3.63) is 90.0 Å². The van der Waals surface area contributed by atoms with Crippen LogP contribution in [0, 0.1) is 6.92 Å². The summed E-state index contributed by atoms with van der Waals surface area (Å²) in [5.74, 6) is -0.409. The van der Waals surface area contributed by atoms with Crippen LogP contribution in [0.5, 0.6) is 0 Å². The molecular weight excluding hydrogens is 388 g/mol. The van der Waals surface area contributed by atoms with Crippen LogP contribution in [0.4, 0.5) is 17.1 Å². The predicted molar refractivity (Wildman–Crippen MR) is 124 cm³/mol. The highest BCUT2D eigenvalue weighted by Gasteiger charge is 2.32. The van der Waals surface area contributed by atoms with E-state index >= 15 is 0 Å². The SMILES string of the molecule is CC(=O)Nc1cc(NC(=O)C2=NN(c3ccccc3)C(c3ccccc3)C2)ccc1C. The largest absolute Gasteiger partial charge is 0.326 e. The van der Waals surface area contributed by atoms with Gasteiger partial charge < -0.3 is 10.6 Å². The maximum Gasteiger partial charge on any atom is 0.271 e. The molecule has 1 aliphatic heterocycles. The number of anilines is 3. The smallest absolute Gasteiger partial charge is 0.271 e. The zero-order valence-electron chi connectivity index (χ0n) is 17.5. The van der Waals surface area contributed by atoms with Crippen molar-refractivity contribution < 1.29 is 9.59 Å². The van der Waals surface area contributed by atoms with Crippen molar-refractivity contribution in [2.24, 2.45) is 5.10 Å². The number of hydrazone groups is 1. The van der Waals surface area contributed by atoms with Crippen molar-refractivity contribution in [2.45, 2.75) is 26.3 Å². The number of nitrogens with zero attached hydrogens (tertiary/aromatic N) is 2. The summed E-state index contributed by atoms with van der Waals surface area (Å²) in [4.78, 5) is 24.5. The van der Waals surface area contributed by atoms with Gasteiger partial charge in [-0.05, 0) is 42.3 Å². The van der Waals surface area contributed by atoms with Gasteiger partial charge in [-0.15, -0.1) is 0 Å². The lowest BCUT2D eigenvalue weighted by Gasteiger charge is -2.23. The molecule has 1 aliphatic rings. The van der Waals surface area contributed by atoms with Crippen LogP contribution in [-0.4, -0.2) is 17.5 Å². The van der Waals surface area contributed by atoms with E-state index in [1.807, 2.05) is 72.6 Å². The van der Waals surface area contributed by atoms with Crippen molar-refractivity contribution in [1.29, 1.82) is 0 Å². The molecule has 0 saturated heterocycles. The Morgan fingerprint density at radius 2 is 1.61 bits per heavy atom. The van der Waals surface area contributed by atoms with E-state index in [1.165, 1.54) is 6.92 Å². The van der Waals surface area contributed by atoms with E-state index in [1.54, 1.807) is 6.07 Å². The maximum absolute atomic E-state index is 13.0. The normalized spacial score (nSPS) is 15.4. The number of carbonyl (C=O) groups is 2. The van der Waals surface area contributed by atoms with E-state index in [0.29, 0.717) is 23.5 Å². The molecule has 0 saturated carbocycles. The fraction of sp³-hybridized carbons (Fsp3) is 0.160. The zero-order valence-corrected chi connectivity index (χ0v) is 17.5. The maximum atomic E-state index is 13.0. The third-order valence-electron chi connectivity index (χ3n) is 5.18. The third-order valence-corrected chi connectivity index (χ3v) is 5.18. The summed E-state index contributed by atoms with van der Waals surface area (Å²) >= 11 is 0. The van der Waals surface area contributed by atoms with Gasteiger partial charge >= 0.3 is 0 Å². The van der Waals surface area contributed by atoms with E-state index in [9.17, 15) is 9.59 Å². The molecule has 0 spiro atoms. The minimum Gasteiger partial charge on any atom is -0.326 e. The molecule has 2 N–H and O–H groups in total. The van der Waals surface area contributed by atoms with E-state index in [2.05, 4.69) is 27.9 Å². The molecule has 3 aromatic carbocycles. The van der Waals surface area contributed by atoms with Crippen LogP contribution in [-0.2, 0) is 9.59 Å². The second-order valence-corrected chi connectivity index (χ2v) is 7.52. The zero-order chi connectivity index (χ0) is 21.8. The van der Waals surface area contributed by atoms with Crippen LogP contribution in [0.3, 0.4) is 0 Å². The van der Waals surface area contributed by atoms with E-state index in [-0.39, 0.29) is 17.9 Å². The standard InChI is InChI=1S/C25H24N4O2/c1-17-13-14-20(15-22(17)26-18(2)30)27-25(31)23-16-24(19-9-5-3-6-10-19)29(28-23)21-11-7-4-8-12-21/h3-15,24H,16H2,1-2H3,(H,26,30)(H,27,31). The second-order valence-electron chi connectivity index (χ2n) is 7.52. The highest BCUT2D eigenvalue weighted by atomic mass is 16.2. The highest BCUT2D eigenvalue weighted by Crippen LogP contribution is 2.35. The molecule has 2 amide bonds. The van der Waals surface area contributed by atoms with Crippen molar-refractivity contribution in [2.75, 3.05) is 15.6 Å². The Morgan fingerprint density at radius 3 is 2.29 bits per heavy atom. The Balaban J connectivity index is 1.59. The van der Waals surface area contributed by atoms with E-state index in [0.717, 1.165) is 16.8 Å². The monoisotopic (exact) mass is 412 g/mol. The molecule has 6 nitrogen and oxygen atoms in total. The van der Waals surface area contributed by atoms with Crippen molar-refractivity contribution in [3.63, 3.8) is 0 Å². The Morgan fingerprint density at radius 1 is 0.935 bits per heavy atom. The first-order valence-electron chi connectivity index (χ1n) is 10.2. The van der Waals surface area contributed by atoms with Gasteiger partial charge in [0.1, 0.15) is 5.71 Å². The summed E-state index contributed by atoms with van der Waals surface area (Å²) < 4.78 is 0. The predicted octanol–water partition coefficient (Wildman–Crippen LogP) is 4.90. The average Bonchev–Trinajstić information content (AvgIpc) is 3.23. The van der Waals surface area contributed by atoms with Gasteiger partial charge in [0.15, 0.2) is 0 Å². The minimum absolute atomic E-state index is 0.0580. The fourth-order valence-corrected chi connectivity index (χ4v) is 3.63. The summed E-state index contributed by atoms with van der Waals surface area (Å²) in [5.41, 5.74) is 4.69. The first-order chi connectivity index (χ1) is 15.0. The Hall–Kier alpha value is -3.93. The minimum atomic E-state index is -0.253. The number of aryl methyl sites for hydroxylation is 1. The van der Waals surface area contributed by atoms with Crippen molar-refractivity contribution >= 4 is 34.6 Å². The molecule has 6 heteroatoms. The summed E-state index contributed by atoms with van der Waals surface area (Å²) in [6.45, 7) is 3.36. The highest BCUT2D eigenvalue weighted by molar-refractivity contribution is 6.43. The summed E-state index contributed by atoms with van der Waals surface area (Å²) in [5, 5.41) is 12.3. The van der Waals surface area contributed by atoms with Gasteiger partial charge in [-0.2, -0.15) is 5.10 Å². The summed E-state index contributed by atoms with van der Waals surface area (Å²) in [7, 11) is 0. The number of para-hydroxylation sites is 1. The molecule has 0 bridgehead atoms. The van der Waals surface area contributed by atoms with Gasteiger partial charge in [-0.25, -0.2) is 0 Å². The third kappa shape index (κ3) is 4.64. The number of rotatable bonds is 5. The number of carbonyl (C=O) groups excluding carboxylic acids is 2. The Labute approximate surface area is 181 Å². The van der Waals surface area contributed by atoms with Gasteiger partial charge in [0.2, 0.25) is 5.91 Å². The first-order valence-corrected chi connectivity index (χ1v) is 10.2. The number of benzene rings is 3. The number of hydrogen-bond acceptors (Lipinski definition) is 4. The Bertz CT molecular complexity index is 1130. The van der Waals surface area contributed by atoms with Crippen LogP contribution in [0.25, 0.3) is 0 Å².